The van der Waals surface area contributed by atoms with Crippen molar-refractivity contribution < 1.29 is 4.79 Å². The third-order valence-corrected chi connectivity index (χ3v) is 7.79. The van der Waals surface area contributed by atoms with Crippen LogP contribution in [0, 0.1) is 12.8 Å². The van der Waals surface area contributed by atoms with Crippen molar-refractivity contribution in [3.63, 3.8) is 0 Å². The quantitative estimate of drug-likeness (QED) is 0.423. The molecule has 0 radical (unpaired) electrons. The molecule has 6 rings (SSSR count). The van der Waals surface area contributed by atoms with Crippen LogP contribution in [0.4, 0.5) is 5.69 Å². The summed E-state index contributed by atoms with van der Waals surface area (Å²) in [4.78, 5) is 36.0. The van der Waals surface area contributed by atoms with E-state index in [0.29, 0.717) is 23.8 Å². The Bertz CT molecular complexity index is 1470. The molecule has 4 heterocycles. The summed E-state index contributed by atoms with van der Waals surface area (Å²) >= 11 is 0. The van der Waals surface area contributed by atoms with Gasteiger partial charge in [-0.1, -0.05) is 12.5 Å². The predicted octanol–water partition coefficient (Wildman–Crippen LogP) is 4.22. The van der Waals surface area contributed by atoms with Gasteiger partial charge >= 0.3 is 0 Å². The van der Waals surface area contributed by atoms with Crippen LogP contribution < -0.4 is 10.6 Å². The summed E-state index contributed by atoms with van der Waals surface area (Å²) in [5, 5.41) is 6.71. The first-order chi connectivity index (χ1) is 17.4. The first kappa shape index (κ1) is 22.7. The number of fused-ring (bicyclic) bond motifs is 2. The van der Waals surface area contributed by atoms with Gasteiger partial charge in [0.05, 0.1) is 5.56 Å². The normalized spacial score (nSPS) is 20.3. The smallest absolute Gasteiger partial charge is 0.249 e. The molecule has 184 valence electrons. The first-order valence-corrected chi connectivity index (χ1v) is 12.6. The highest BCUT2D eigenvalue weighted by Crippen LogP contribution is 2.41. The Morgan fingerprint density at radius 2 is 1.94 bits per heavy atom. The molecule has 9 nitrogen and oxygen atoms in total. The van der Waals surface area contributed by atoms with Gasteiger partial charge in [0.1, 0.15) is 34.7 Å². The van der Waals surface area contributed by atoms with E-state index in [0.717, 1.165) is 39.5 Å². The van der Waals surface area contributed by atoms with Crippen LogP contribution in [0.3, 0.4) is 0 Å². The highest BCUT2D eigenvalue weighted by atomic mass is 16.2. The fourth-order valence-corrected chi connectivity index (χ4v) is 5.42. The standard InChI is InChI=1S/C27H30N8O/c1-5-35-24(19-12-28-16(3)29-13-19)33-23-22(30-14-31-25(23)35)18-9-10-21-20(11-18)27(4,26(36)32-21)34-15(2)17-7-6-8-17/h9-15,17,34H,5-8H2,1-4H3,(H,32,36)/t15-,27-/m0/s1. The number of aromatic nitrogens is 6. The lowest BCUT2D eigenvalue weighted by Crippen LogP contribution is -2.52. The van der Waals surface area contributed by atoms with Crippen molar-refractivity contribution >= 4 is 22.8 Å². The molecule has 1 aliphatic heterocycles. The summed E-state index contributed by atoms with van der Waals surface area (Å²) < 4.78 is 2.05. The number of hydrogen-bond acceptors (Lipinski definition) is 7. The molecule has 1 fully saturated rings. The second kappa shape index (κ2) is 8.44. The minimum Gasteiger partial charge on any atom is -0.324 e. The lowest BCUT2D eigenvalue weighted by Gasteiger charge is -2.37. The number of hydrogen-bond donors (Lipinski definition) is 2. The van der Waals surface area contributed by atoms with Gasteiger partial charge in [-0.3, -0.25) is 10.1 Å². The van der Waals surface area contributed by atoms with Crippen molar-refractivity contribution in [1.82, 2.24) is 34.8 Å². The summed E-state index contributed by atoms with van der Waals surface area (Å²) in [6.45, 7) is 8.78. The van der Waals surface area contributed by atoms with Gasteiger partial charge in [-0.05, 0) is 58.6 Å². The molecule has 1 saturated carbocycles. The Balaban J connectivity index is 1.45. The molecule has 0 spiro atoms. The summed E-state index contributed by atoms with van der Waals surface area (Å²) in [6.07, 6.45) is 8.85. The maximum absolute atomic E-state index is 13.1. The number of nitrogens with one attached hydrogen (secondary N) is 2. The predicted molar refractivity (Wildman–Crippen MR) is 138 cm³/mol. The summed E-state index contributed by atoms with van der Waals surface area (Å²) in [5.74, 6) is 2.06. The number of aryl methyl sites for hydroxylation is 2. The number of carbonyl (C=O) groups is 1. The molecular formula is C27H30N8O. The molecule has 2 aliphatic rings. The maximum atomic E-state index is 13.1. The highest BCUT2D eigenvalue weighted by molar-refractivity contribution is 6.06. The molecule has 0 bridgehead atoms. The van der Waals surface area contributed by atoms with Gasteiger partial charge in [-0.2, -0.15) is 0 Å². The van der Waals surface area contributed by atoms with E-state index in [4.69, 9.17) is 4.98 Å². The van der Waals surface area contributed by atoms with Crippen molar-refractivity contribution in [3.8, 4) is 22.6 Å². The van der Waals surface area contributed by atoms with Crippen LogP contribution in [-0.2, 0) is 16.9 Å². The second-order valence-electron chi connectivity index (χ2n) is 10.1. The number of rotatable bonds is 6. The molecule has 1 amide bonds. The van der Waals surface area contributed by atoms with E-state index in [9.17, 15) is 4.79 Å². The Labute approximate surface area is 209 Å². The minimum absolute atomic E-state index is 0.0226. The van der Waals surface area contributed by atoms with E-state index in [2.05, 4.69) is 55.1 Å². The Kier molecular flexibility index (Phi) is 5.33. The van der Waals surface area contributed by atoms with Crippen LogP contribution in [-0.4, -0.2) is 41.4 Å². The Hall–Kier alpha value is -3.72. The van der Waals surface area contributed by atoms with E-state index in [1.54, 1.807) is 18.7 Å². The number of benzene rings is 1. The zero-order valence-corrected chi connectivity index (χ0v) is 21.0. The van der Waals surface area contributed by atoms with Crippen molar-refractivity contribution in [2.75, 3.05) is 5.32 Å². The van der Waals surface area contributed by atoms with Gasteiger partial charge in [0.2, 0.25) is 5.91 Å². The van der Waals surface area contributed by atoms with Crippen molar-refractivity contribution in [1.29, 1.82) is 0 Å². The third kappa shape index (κ3) is 3.49. The maximum Gasteiger partial charge on any atom is 0.249 e. The molecule has 2 atom stereocenters. The largest absolute Gasteiger partial charge is 0.324 e. The molecule has 1 aromatic carbocycles. The molecule has 9 heteroatoms. The van der Waals surface area contributed by atoms with Crippen LogP contribution in [0.1, 0.15) is 51.4 Å². The Morgan fingerprint density at radius 3 is 2.64 bits per heavy atom. The number of carbonyl (C=O) groups excluding carboxylic acids is 1. The fourth-order valence-electron chi connectivity index (χ4n) is 5.42. The van der Waals surface area contributed by atoms with Crippen molar-refractivity contribution in [2.24, 2.45) is 5.92 Å². The first-order valence-electron chi connectivity index (χ1n) is 12.6. The van der Waals surface area contributed by atoms with Gasteiger partial charge in [0.25, 0.3) is 0 Å². The molecule has 3 aromatic heterocycles. The van der Waals surface area contributed by atoms with Gasteiger partial charge in [-0.15, -0.1) is 0 Å². The van der Waals surface area contributed by atoms with Crippen LogP contribution in [0.15, 0.2) is 36.9 Å². The summed E-state index contributed by atoms with van der Waals surface area (Å²) in [7, 11) is 0. The lowest BCUT2D eigenvalue weighted by molar-refractivity contribution is -0.121. The van der Waals surface area contributed by atoms with E-state index in [-0.39, 0.29) is 11.9 Å². The lowest BCUT2D eigenvalue weighted by atomic mass is 9.79. The van der Waals surface area contributed by atoms with Gasteiger partial charge in [0, 0.05) is 41.8 Å². The van der Waals surface area contributed by atoms with Crippen LogP contribution in [0.5, 0.6) is 0 Å². The number of nitrogens with zero attached hydrogens (tertiary/aromatic N) is 6. The molecule has 36 heavy (non-hydrogen) atoms. The van der Waals surface area contributed by atoms with E-state index in [1.165, 1.54) is 19.3 Å². The fraction of sp³-hybridized carbons (Fsp3) is 0.407. The third-order valence-electron chi connectivity index (χ3n) is 7.79. The van der Waals surface area contributed by atoms with Crippen molar-refractivity contribution in [3.05, 3.63) is 48.3 Å². The van der Waals surface area contributed by atoms with Crippen LogP contribution in [0.25, 0.3) is 33.8 Å². The van der Waals surface area contributed by atoms with E-state index >= 15 is 0 Å². The monoisotopic (exact) mass is 482 g/mol. The molecule has 1 aliphatic carbocycles. The number of imidazole rings is 1. The van der Waals surface area contributed by atoms with Crippen LogP contribution in [0.2, 0.25) is 0 Å². The highest BCUT2D eigenvalue weighted by Gasteiger charge is 2.45. The molecule has 0 unspecified atom stereocenters. The van der Waals surface area contributed by atoms with E-state index < -0.39 is 5.54 Å². The topological polar surface area (TPSA) is 111 Å². The number of amides is 1. The van der Waals surface area contributed by atoms with Crippen molar-refractivity contribution in [2.45, 2.75) is 65.1 Å². The molecular weight excluding hydrogens is 452 g/mol. The zero-order chi connectivity index (χ0) is 25.0. The summed E-state index contributed by atoms with van der Waals surface area (Å²) in [6, 6.07) is 6.27. The molecule has 2 N–H and O–H groups in total. The van der Waals surface area contributed by atoms with E-state index in [1.807, 2.05) is 26.0 Å². The number of anilines is 1. The summed E-state index contributed by atoms with van der Waals surface area (Å²) in [5.41, 5.74) is 4.90. The zero-order valence-electron chi connectivity index (χ0n) is 21.0. The average molecular weight is 483 g/mol. The Morgan fingerprint density at radius 1 is 1.17 bits per heavy atom. The van der Waals surface area contributed by atoms with Gasteiger partial charge in [-0.25, -0.2) is 24.9 Å². The SMILES string of the molecule is CCn1c(-c2cnc(C)nc2)nc2c(-c3ccc4c(c3)[C@](C)(N[C@@H](C)C3CCC3)C(=O)N4)ncnc21. The second-order valence-corrected chi connectivity index (χ2v) is 10.1. The molecule has 4 aromatic rings. The average Bonchev–Trinajstić information content (AvgIpc) is 3.32. The van der Waals surface area contributed by atoms with Gasteiger partial charge in [0.15, 0.2) is 5.65 Å². The van der Waals surface area contributed by atoms with Gasteiger partial charge < -0.3 is 9.88 Å². The van der Waals surface area contributed by atoms with Crippen LogP contribution >= 0.6 is 0 Å². The minimum atomic E-state index is -0.806. The molecule has 0 saturated heterocycles.